The van der Waals surface area contributed by atoms with Crippen molar-refractivity contribution in [1.82, 2.24) is 4.90 Å². The lowest BCUT2D eigenvalue weighted by atomic mass is 10.1. The molecule has 0 radical (unpaired) electrons. The number of ether oxygens (including phenoxy) is 1. The summed E-state index contributed by atoms with van der Waals surface area (Å²) in [6.07, 6.45) is 2.53. The Morgan fingerprint density at radius 1 is 1.05 bits per heavy atom. The second-order valence-corrected chi connectivity index (χ2v) is 5.25. The summed E-state index contributed by atoms with van der Waals surface area (Å²) >= 11 is 0. The second kappa shape index (κ2) is 6.06. The molecule has 0 aromatic heterocycles. The summed E-state index contributed by atoms with van der Waals surface area (Å²) in [5, 5.41) is 2.21. The van der Waals surface area contributed by atoms with Crippen LogP contribution in [0.5, 0.6) is 0 Å². The van der Waals surface area contributed by atoms with Gasteiger partial charge in [0.1, 0.15) is 6.61 Å². The highest BCUT2D eigenvalue weighted by molar-refractivity contribution is 5.95. The van der Waals surface area contributed by atoms with E-state index in [1.54, 1.807) is 0 Å². The largest absolute Gasteiger partial charge is 0.461 e. The number of carbonyl (C=O) groups is 1. The molecule has 2 aromatic rings. The Labute approximate surface area is 119 Å². The highest BCUT2D eigenvalue weighted by Gasteiger charge is 2.12. The molecule has 0 amide bonds. The Balaban J connectivity index is 1.60. The van der Waals surface area contributed by atoms with Crippen LogP contribution in [0.2, 0.25) is 0 Å². The lowest BCUT2D eigenvalue weighted by Crippen LogP contribution is -2.25. The van der Waals surface area contributed by atoms with Gasteiger partial charge in [0.25, 0.3) is 0 Å². The van der Waals surface area contributed by atoms with Gasteiger partial charge in [0.15, 0.2) is 0 Å². The van der Waals surface area contributed by atoms with Crippen LogP contribution in [0.1, 0.15) is 23.2 Å². The molecule has 3 nitrogen and oxygen atoms in total. The highest BCUT2D eigenvalue weighted by atomic mass is 16.5. The molecule has 0 atom stereocenters. The quantitative estimate of drug-likeness (QED) is 0.799. The van der Waals surface area contributed by atoms with E-state index in [4.69, 9.17) is 4.74 Å². The van der Waals surface area contributed by atoms with Gasteiger partial charge >= 0.3 is 5.97 Å². The third-order valence-electron chi connectivity index (χ3n) is 3.82. The molecule has 3 rings (SSSR count). The minimum absolute atomic E-state index is 0.227. The number of fused-ring (bicyclic) bond motifs is 1. The Morgan fingerprint density at radius 3 is 2.60 bits per heavy atom. The maximum absolute atomic E-state index is 12.0. The minimum atomic E-state index is -0.227. The predicted octanol–water partition coefficient (Wildman–Crippen LogP) is 3.09. The van der Waals surface area contributed by atoms with E-state index < -0.39 is 0 Å². The fourth-order valence-electron chi connectivity index (χ4n) is 2.67. The summed E-state index contributed by atoms with van der Waals surface area (Å²) in [5.74, 6) is -0.227. The Kier molecular flexibility index (Phi) is 3.97. The first-order chi connectivity index (χ1) is 9.83. The molecule has 0 saturated carbocycles. The summed E-state index contributed by atoms with van der Waals surface area (Å²) in [6, 6.07) is 13.7. The molecular formula is C17H19NO2. The fraction of sp³-hybridized carbons (Fsp3) is 0.353. The molecule has 0 N–H and O–H groups in total. The molecule has 1 saturated heterocycles. The van der Waals surface area contributed by atoms with Crippen molar-refractivity contribution in [2.24, 2.45) is 0 Å². The first-order valence-corrected chi connectivity index (χ1v) is 7.21. The maximum atomic E-state index is 12.0. The van der Waals surface area contributed by atoms with Crippen molar-refractivity contribution in [2.75, 3.05) is 26.2 Å². The first-order valence-electron chi connectivity index (χ1n) is 7.21. The van der Waals surface area contributed by atoms with Crippen molar-refractivity contribution in [2.45, 2.75) is 12.8 Å². The number of hydrogen-bond acceptors (Lipinski definition) is 3. The zero-order valence-electron chi connectivity index (χ0n) is 11.5. The Morgan fingerprint density at radius 2 is 1.80 bits per heavy atom. The van der Waals surface area contributed by atoms with Crippen LogP contribution in [0.25, 0.3) is 10.8 Å². The molecule has 1 aliphatic rings. The SMILES string of the molecule is O=C(OCCN1CCCC1)c1ccc2ccccc2c1. The second-order valence-electron chi connectivity index (χ2n) is 5.25. The molecule has 2 aromatic carbocycles. The molecule has 1 aliphatic heterocycles. The molecule has 0 unspecified atom stereocenters. The molecule has 0 aliphatic carbocycles. The van der Waals surface area contributed by atoms with Crippen molar-refractivity contribution in [3.63, 3.8) is 0 Å². The van der Waals surface area contributed by atoms with Gasteiger partial charge in [-0.3, -0.25) is 4.90 Å². The first kappa shape index (κ1) is 13.1. The average molecular weight is 269 g/mol. The van der Waals surface area contributed by atoms with Crippen LogP contribution in [0.4, 0.5) is 0 Å². The smallest absolute Gasteiger partial charge is 0.338 e. The van der Waals surface area contributed by atoms with Crippen LogP contribution < -0.4 is 0 Å². The van der Waals surface area contributed by atoms with Gasteiger partial charge in [0.05, 0.1) is 5.56 Å². The molecule has 104 valence electrons. The summed E-state index contributed by atoms with van der Waals surface area (Å²) in [7, 11) is 0. The summed E-state index contributed by atoms with van der Waals surface area (Å²) in [5.41, 5.74) is 0.630. The zero-order valence-corrected chi connectivity index (χ0v) is 11.5. The molecule has 0 bridgehead atoms. The standard InChI is InChI=1S/C17H19NO2/c19-17(20-12-11-18-9-3-4-10-18)16-8-7-14-5-1-2-6-15(14)13-16/h1-2,5-8,13H,3-4,9-12H2. The van der Waals surface area contributed by atoms with Crippen LogP contribution in [-0.4, -0.2) is 37.1 Å². The summed E-state index contributed by atoms with van der Waals surface area (Å²) in [4.78, 5) is 14.4. The van der Waals surface area contributed by atoms with E-state index in [0.29, 0.717) is 12.2 Å². The number of carbonyl (C=O) groups excluding carboxylic acids is 1. The Bertz CT molecular complexity index is 603. The van der Waals surface area contributed by atoms with E-state index in [1.165, 1.54) is 12.8 Å². The Hall–Kier alpha value is -1.87. The third-order valence-corrected chi connectivity index (χ3v) is 3.82. The number of nitrogens with zero attached hydrogens (tertiary/aromatic N) is 1. The van der Waals surface area contributed by atoms with Crippen molar-refractivity contribution >= 4 is 16.7 Å². The van der Waals surface area contributed by atoms with Gasteiger partial charge in [-0.15, -0.1) is 0 Å². The minimum Gasteiger partial charge on any atom is -0.461 e. The zero-order chi connectivity index (χ0) is 13.8. The summed E-state index contributed by atoms with van der Waals surface area (Å²) in [6.45, 7) is 3.59. The van der Waals surface area contributed by atoms with Gasteiger partial charge in [0.2, 0.25) is 0 Å². The van der Waals surface area contributed by atoms with Crippen molar-refractivity contribution in [3.8, 4) is 0 Å². The number of benzene rings is 2. The summed E-state index contributed by atoms with van der Waals surface area (Å²) < 4.78 is 5.36. The number of hydrogen-bond donors (Lipinski definition) is 0. The van der Waals surface area contributed by atoms with Gasteiger partial charge in [-0.25, -0.2) is 4.79 Å². The van der Waals surface area contributed by atoms with Crippen molar-refractivity contribution in [1.29, 1.82) is 0 Å². The number of esters is 1. The van der Waals surface area contributed by atoms with E-state index in [-0.39, 0.29) is 5.97 Å². The van der Waals surface area contributed by atoms with E-state index in [2.05, 4.69) is 4.90 Å². The molecule has 20 heavy (non-hydrogen) atoms. The van der Waals surface area contributed by atoms with Crippen LogP contribution in [0.3, 0.4) is 0 Å². The van der Waals surface area contributed by atoms with Crippen LogP contribution in [-0.2, 0) is 4.74 Å². The number of likely N-dealkylation sites (tertiary alicyclic amines) is 1. The lowest BCUT2D eigenvalue weighted by Gasteiger charge is -2.14. The number of rotatable bonds is 4. The molecule has 0 spiro atoms. The lowest BCUT2D eigenvalue weighted by molar-refractivity contribution is 0.0472. The van der Waals surface area contributed by atoms with Crippen molar-refractivity contribution in [3.05, 3.63) is 48.0 Å². The van der Waals surface area contributed by atoms with Gasteiger partial charge in [0, 0.05) is 6.54 Å². The van der Waals surface area contributed by atoms with E-state index in [0.717, 1.165) is 30.4 Å². The van der Waals surface area contributed by atoms with E-state index in [9.17, 15) is 4.79 Å². The predicted molar refractivity (Wildman–Crippen MR) is 79.9 cm³/mol. The molecule has 3 heteroatoms. The van der Waals surface area contributed by atoms with Crippen LogP contribution >= 0.6 is 0 Å². The molecule has 1 fully saturated rings. The van der Waals surface area contributed by atoms with Gasteiger partial charge < -0.3 is 4.74 Å². The fourth-order valence-corrected chi connectivity index (χ4v) is 2.67. The van der Waals surface area contributed by atoms with Gasteiger partial charge in [-0.1, -0.05) is 30.3 Å². The monoisotopic (exact) mass is 269 g/mol. The highest BCUT2D eigenvalue weighted by Crippen LogP contribution is 2.16. The maximum Gasteiger partial charge on any atom is 0.338 e. The topological polar surface area (TPSA) is 29.5 Å². The van der Waals surface area contributed by atoms with Crippen LogP contribution in [0, 0.1) is 0 Å². The van der Waals surface area contributed by atoms with Crippen molar-refractivity contribution < 1.29 is 9.53 Å². The van der Waals surface area contributed by atoms with Gasteiger partial charge in [-0.2, -0.15) is 0 Å². The third kappa shape index (κ3) is 2.99. The molecule has 1 heterocycles. The van der Waals surface area contributed by atoms with E-state index >= 15 is 0 Å². The van der Waals surface area contributed by atoms with E-state index in [1.807, 2.05) is 42.5 Å². The molecular weight excluding hydrogens is 250 g/mol. The van der Waals surface area contributed by atoms with Crippen LogP contribution in [0.15, 0.2) is 42.5 Å². The normalized spacial score (nSPS) is 15.6. The average Bonchev–Trinajstić information content (AvgIpc) is 3.00. The van der Waals surface area contributed by atoms with Gasteiger partial charge in [-0.05, 0) is 48.8 Å².